The predicted molar refractivity (Wildman–Crippen MR) is 595 cm³/mol. The van der Waals surface area contributed by atoms with Crippen LogP contribution in [0.1, 0.15) is 82.3 Å². The third-order valence-corrected chi connectivity index (χ3v) is 27.6. The highest BCUT2D eigenvalue weighted by Crippen LogP contribution is 2.46. The number of aryl methyl sites for hydroxylation is 3. The number of furan rings is 3. The van der Waals surface area contributed by atoms with E-state index in [-0.39, 0.29) is 37.1 Å². The molecule has 0 unspecified atom stereocenters. The van der Waals surface area contributed by atoms with E-state index < -0.39 is 0 Å². The first-order chi connectivity index (χ1) is 71.2. The highest BCUT2D eigenvalue weighted by molar-refractivity contribution is 7.24. The van der Waals surface area contributed by atoms with Gasteiger partial charge in [-0.15, -0.1) is 0 Å². The Kier molecular flexibility index (Phi) is 24.0. The molecular formula is C116H95N23O8S2. The highest BCUT2D eigenvalue weighted by atomic mass is 32.1. The average molecular weight is 2000 g/mol. The van der Waals surface area contributed by atoms with Crippen molar-refractivity contribution in [1.29, 1.82) is 0 Å². The van der Waals surface area contributed by atoms with Crippen LogP contribution in [0.2, 0.25) is 0 Å². The summed E-state index contributed by atoms with van der Waals surface area (Å²) in [5.41, 5.74) is 23.4. The summed E-state index contributed by atoms with van der Waals surface area (Å²) in [6, 6.07) is 111. The lowest BCUT2D eigenvalue weighted by Gasteiger charge is -2.00. The van der Waals surface area contributed by atoms with Crippen LogP contribution < -0.4 is 0 Å². The van der Waals surface area contributed by atoms with E-state index in [0.29, 0.717) is 76.4 Å². The zero-order valence-corrected chi connectivity index (χ0v) is 79.2. The average Bonchev–Trinajstić information content (AvgIpc) is 1.55. The van der Waals surface area contributed by atoms with E-state index in [9.17, 15) is 0 Å². The van der Waals surface area contributed by atoms with Gasteiger partial charge in [-0.3, -0.25) is 17.6 Å². The van der Waals surface area contributed by atoms with Crippen LogP contribution in [0.4, 0.5) is 0 Å². The second-order valence-electron chi connectivity index (χ2n) is 33.6. The van der Waals surface area contributed by atoms with E-state index in [1.165, 1.54) is 10.2 Å². The second kappa shape index (κ2) is 37.8. The van der Waals surface area contributed by atoms with Gasteiger partial charge in [0.1, 0.15) is 22.3 Å². The number of fused-ring (bicyclic) bond motifs is 35. The number of hydrogen-bond acceptors (Lipinski definition) is 24. The molecule has 0 amide bonds. The van der Waals surface area contributed by atoms with Crippen LogP contribution in [0.3, 0.4) is 0 Å². The van der Waals surface area contributed by atoms with Gasteiger partial charge in [-0.25, -0.2) is 42.8 Å². The molecule has 19 heterocycles. The molecule has 33 rings (SSSR count). The maximum absolute atomic E-state index is 6.32. The summed E-state index contributed by atoms with van der Waals surface area (Å²) in [7, 11) is 0. The largest absolute Gasteiger partial charge is 0.439 e. The summed E-state index contributed by atoms with van der Waals surface area (Å²) >= 11 is 3.32. The molecule has 19 aromatic heterocycles. The van der Waals surface area contributed by atoms with E-state index in [0.717, 1.165) is 191 Å². The molecule has 0 fully saturated rings. The fraction of sp³-hybridized carbons (Fsp3) is 0.103. The van der Waals surface area contributed by atoms with Gasteiger partial charge in [0.2, 0.25) is 28.7 Å². The molecule has 0 spiro atoms. The maximum atomic E-state index is 6.32. The van der Waals surface area contributed by atoms with E-state index in [2.05, 4.69) is 149 Å². The molecule has 0 aliphatic heterocycles. The lowest BCUT2D eigenvalue weighted by Crippen LogP contribution is -1.99. The molecule has 33 aromatic rings. The minimum Gasteiger partial charge on any atom is -0.439 e. The monoisotopic (exact) mass is 2000 g/mol. The summed E-state index contributed by atoms with van der Waals surface area (Å²) < 4.78 is 67.0. The molecule has 0 N–H and O–H groups in total. The Balaban J connectivity index is 0.000000106. The number of hydrogen-bond donors (Lipinski definition) is 0. The highest BCUT2D eigenvalue weighted by Gasteiger charge is 2.31. The Morgan fingerprint density at radius 3 is 1.07 bits per heavy atom. The van der Waals surface area contributed by atoms with Gasteiger partial charge in [0.25, 0.3) is 23.7 Å². The van der Waals surface area contributed by atoms with Gasteiger partial charge >= 0.3 is 18.0 Å². The first-order valence-electron chi connectivity index (χ1n) is 46.8. The molecule has 0 aliphatic carbocycles. The smallest absolute Gasteiger partial charge is 0.337 e. The van der Waals surface area contributed by atoms with Crippen molar-refractivity contribution in [2.24, 2.45) is 0 Å². The van der Waals surface area contributed by atoms with Crippen molar-refractivity contribution in [3.63, 3.8) is 0 Å². The number of benzene rings is 14. The Morgan fingerprint density at radius 2 is 0.577 bits per heavy atom. The van der Waals surface area contributed by atoms with Crippen molar-refractivity contribution in [1.82, 2.24) is 111 Å². The lowest BCUT2D eigenvalue weighted by atomic mass is 10.1. The van der Waals surface area contributed by atoms with Crippen LogP contribution >= 0.6 is 22.7 Å². The Bertz CT molecular complexity index is 10000. The van der Waals surface area contributed by atoms with Gasteiger partial charge in [0, 0.05) is 32.3 Å². The van der Waals surface area contributed by atoms with Crippen LogP contribution in [-0.2, 0) is 0 Å². The van der Waals surface area contributed by atoms with E-state index in [1.807, 2.05) is 301 Å². The lowest BCUT2D eigenvalue weighted by molar-refractivity contribution is 0.400. The maximum Gasteiger partial charge on any atom is 0.337 e. The van der Waals surface area contributed by atoms with E-state index >= 15 is 0 Å². The summed E-state index contributed by atoms with van der Waals surface area (Å²) in [6.07, 6.45) is 0. The Hall–Kier alpha value is -19.3. The van der Waals surface area contributed by atoms with Gasteiger partial charge in [0.05, 0.1) is 125 Å². The minimum absolute atomic E-state index is 0. The van der Waals surface area contributed by atoms with Crippen molar-refractivity contribution in [2.45, 2.75) is 85.6 Å². The first-order valence-corrected chi connectivity index (χ1v) is 48.5. The molecule has 0 atom stereocenters. The summed E-state index contributed by atoms with van der Waals surface area (Å²) in [6.45, 7) is 13.4. The summed E-state index contributed by atoms with van der Waals surface area (Å²) in [5.74, 6) is 5.16. The van der Waals surface area contributed by atoms with Crippen molar-refractivity contribution in [2.75, 3.05) is 0 Å². The van der Waals surface area contributed by atoms with E-state index in [1.54, 1.807) is 29.6 Å². The molecule has 734 valence electrons. The van der Waals surface area contributed by atoms with Gasteiger partial charge < -0.3 is 35.9 Å². The van der Waals surface area contributed by atoms with Crippen LogP contribution in [-0.4, -0.2) is 111 Å². The predicted octanol–water partition coefficient (Wildman–Crippen LogP) is 30.9. The normalized spacial score (nSPS) is 11.5. The molecule has 0 radical (unpaired) electrons. The summed E-state index contributed by atoms with van der Waals surface area (Å²) in [4.78, 5) is 44.0. The molecule has 31 nitrogen and oxygen atoms in total. The molecule has 0 aliphatic rings. The van der Waals surface area contributed by atoms with E-state index in [4.69, 9.17) is 65.8 Å². The zero-order chi connectivity index (χ0) is 96.2. The van der Waals surface area contributed by atoms with Crippen molar-refractivity contribution >= 4 is 230 Å². The number of imidazole rings is 6. The van der Waals surface area contributed by atoms with Crippen LogP contribution in [0.5, 0.6) is 0 Å². The molecule has 33 heteroatoms. The van der Waals surface area contributed by atoms with Crippen LogP contribution in [0, 0.1) is 20.8 Å². The number of para-hydroxylation sites is 18. The van der Waals surface area contributed by atoms with Crippen LogP contribution in [0.25, 0.3) is 260 Å². The first kappa shape index (κ1) is 94.6. The molecule has 149 heavy (non-hydrogen) atoms. The standard InChI is InChI=1S/C30H16N4O3.C28H16N8O.C17H11N3O2.2C16H10N4OS.2C2H6.5CH4/c1-5-13-21-17(9-1)25-19-11-3-7-15-23(19)35-27(25)33(21)29-31-30(37-32-29)34-22-14-6-2-10-18(22)26-20-12-4-8-16-24(20)36-28(26)34;1-3-11-19-17(9-1)29-26-33(19)21-13-5-7-15-23(21)35(26)25-31-28(37-32-25)36-24-16-8-6-14-22(24)34-20-12-4-2-10-18(20)30-27(34)36;1-10-18-17(22-19-10)20-13-8-4-2-6-11(13)15-12-7-3-5-9-14(12)21-16(15)20;1-9-17-15(21-19-9)10-5-4-7-12-14(10)18-16-20(12)11-6-2-3-8-13(11)22-16;1-9-17-15(21-19-9)10-5-4-8-13-14(10)22-16-18-11-6-2-3-7-12(11)20(13)16;2*1-2;;;;;/h2*1-16H;2-9H,1H3;2*2-8H,1H3;2*1-2H3;5*1H4. The molecule has 0 saturated carbocycles. The molecule has 0 bridgehead atoms. The van der Waals surface area contributed by atoms with Crippen molar-refractivity contribution < 1.29 is 35.9 Å². The third kappa shape index (κ3) is 14.8. The Morgan fingerprint density at radius 1 is 0.235 bits per heavy atom. The fourth-order valence-electron chi connectivity index (χ4n) is 19.7. The molecular weight excluding hydrogens is 1910 g/mol. The topological polar surface area (TPSA) is 328 Å². The van der Waals surface area contributed by atoms with Crippen molar-refractivity contribution in [3.05, 3.63) is 345 Å². The number of rotatable bonds is 7. The fourth-order valence-corrected chi connectivity index (χ4v) is 21.9. The molecule has 0 saturated heterocycles. The summed E-state index contributed by atoms with van der Waals surface area (Å²) in [5, 5.41) is 30.0. The molecule has 14 aromatic carbocycles. The van der Waals surface area contributed by atoms with Gasteiger partial charge in [-0.1, -0.05) is 297 Å². The SMILES string of the molecule is C.C.C.C.C.CC.CC.Cc1noc(-c2cccc3c2nc2sc4ccccc4n23)n1.Cc1noc(-c2cccc3c2sc2nc4ccccc4n23)n1.Cc1noc(-n2c3ccccc3c3c4ccccc4oc32)n1.c1ccc2c(c1)nc1n(-c3noc(-n4c5ccccc5n5c6ccccc6nc45)n3)c3ccccc3n21.c1ccc2c(c1)oc1c2c2ccccc2n1-c1noc(-n2c3ccccc3c3c4ccccc4oc32)n1. The van der Waals surface area contributed by atoms with Gasteiger partial charge in [-0.2, -0.15) is 24.9 Å². The number of aromatic nitrogens is 23. The number of nitrogens with zero attached hydrogens (tertiary/aromatic N) is 23. The van der Waals surface area contributed by atoms with Crippen molar-refractivity contribution in [3.8, 4) is 52.8 Å². The van der Waals surface area contributed by atoms with Gasteiger partial charge in [0.15, 0.2) is 27.4 Å². The minimum atomic E-state index is 0. The second-order valence-corrected chi connectivity index (χ2v) is 35.6. The number of thiazole rings is 2. The Labute approximate surface area is 854 Å². The van der Waals surface area contributed by atoms with Crippen LogP contribution in [0.15, 0.2) is 363 Å². The third-order valence-electron chi connectivity index (χ3n) is 25.5. The zero-order valence-electron chi connectivity index (χ0n) is 77.5. The quantitative estimate of drug-likeness (QED) is 0.143. The van der Waals surface area contributed by atoms with Gasteiger partial charge in [-0.05, 0) is 165 Å².